The Hall–Kier alpha value is -3.66. The van der Waals surface area contributed by atoms with Crippen LogP contribution >= 0.6 is 0 Å². The number of aryl methyl sites for hydroxylation is 1. The second-order valence-corrected chi connectivity index (χ2v) is 6.03. The molecule has 4 aromatic rings. The van der Waals surface area contributed by atoms with Crippen LogP contribution < -0.4 is 16.2 Å². The first-order chi connectivity index (χ1) is 13.1. The Kier molecular flexibility index (Phi) is 4.30. The highest BCUT2D eigenvalue weighted by Crippen LogP contribution is 2.21. The summed E-state index contributed by atoms with van der Waals surface area (Å²) in [6.07, 6.45) is 0. The third-order valence-electron chi connectivity index (χ3n) is 3.86. The number of fused-ring (bicyclic) bond motifs is 1. The number of hydrogen-bond donors (Lipinski definition) is 5. The number of nitrogens with one attached hydrogen (secondary N) is 5. The molecular weight excluding hydrogens is 348 g/mol. The minimum absolute atomic E-state index is 0.157. The van der Waals surface area contributed by atoms with E-state index in [4.69, 9.17) is 4.74 Å². The molecule has 0 aliphatic rings. The van der Waals surface area contributed by atoms with Crippen LogP contribution in [0, 0.1) is 6.92 Å². The van der Waals surface area contributed by atoms with E-state index in [-0.39, 0.29) is 5.56 Å². The Morgan fingerprint density at radius 1 is 1.07 bits per heavy atom. The van der Waals surface area contributed by atoms with Crippen LogP contribution in [0.3, 0.4) is 0 Å². The van der Waals surface area contributed by atoms with Gasteiger partial charge in [0.15, 0.2) is 5.82 Å². The van der Waals surface area contributed by atoms with Gasteiger partial charge in [-0.15, -0.1) is 0 Å². The maximum atomic E-state index is 11.6. The van der Waals surface area contributed by atoms with Gasteiger partial charge in [0.2, 0.25) is 5.95 Å². The number of hydrogen-bond acceptors (Lipinski definition) is 7. The van der Waals surface area contributed by atoms with Crippen LogP contribution in [0.5, 0.6) is 0 Å². The van der Waals surface area contributed by atoms with Crippen molar-refractivity contribution in [3.05, 3.63) is 52.1 Å². The molecule has 0 spiro atoms. The van der Waals surface area contributed by atoms with Gasteiger partial charge in [-0.3, -0.25) is 20.1 Å². The zero-order valence-corrected chi connectivity index (χ0v) is 14.8. The molecule has 27 heavy (non-hydrogen) atoms. The summed E-state index contributed by atoms with van der Waals surface area (Å²) < 4.78 is 5.19. The molecular formula is C17H18N8O2. The summed E-state index contributed by atoms with van der Waals surface area (Å²) in [5.74, 6) is 1.64. The fourth-order valence-corrected chi connectivity index (χ4v) is 2.70. The minimum Gasteiger partial charge on any atom is -0.378 e. The summed E-state index contributed by atoms with van der Waals surface area (Å²) >= 11 is 0. The minimum atomic E-state index is -0.157. The lowest BCUT2D eigenvalue weighted by molar-refractivity contribution is 0.181. The third-order valence-corrected chi connectivity index (χ3v) is 3.86. The average Bonchev–Trinajstić information content (AvgIpc) is 3.21. The van der Waals surface area contributed by atoms with Crippen LogP contribution in [0.1, 0.15) is 11.4 Å². The average molecular weight is 366 g/mol. The van der Waals surface area contributed by atoms with Gasteiger partial charge in [0.05, 0.1) is 23.2 Å². The van der Waals surface area contributed by atoms with Gasteiger partial charge < -0.3 is 15.4 Å². The van der Waals surface area contributed by atoms with E-state index in [2.05, 4.69) is 41.0 Å². The van der Waals surface area contributed by atoms with E-state index in [0.717, 1.165) is 11.4 Å². The quantitative estimate of drug-likeness (QED) is 0.353. The highest BCUT2D eigenvalue weighted by molar-refractivity contribution is 5.82. The number of anilines is 4. The van der Waals surface area contributed by atoms with Gasteiger partial charge in [-0.2, -0.15) is 10.1 Å². The predicted octanol–water partition coefficient (Wildman–Crippen LogP) is 2.31. The molecule has 138 valence electrons. The molecule has 1 aromatic carbocycles. The summed E-state index contributed by atoms with van der Waals surface area (Å²) in [6, 6.07) is 9.01. The summed E-state index contributed by atoms with van der Waals surface area (Å²) in [4.78, 5) is 20.6. The van der Waals surface area contributed by atoms with Gasteiger partial charge in [-0.05, 0) is 25.1 Å². The summed E-state index contributed by atoms with van der Waals surface area (Å²) in [7, 11) is 1.61. The first-order valence-electron chi connectivity index (χ1n) is 8.24. The van der Waals surface area contributed by atoms with Crippen LogP contribution in [0.2, 0.25) is 0 Å². The van der Waals surface area contributed by atoms with Gasteiger partial charge >= 0.3 is 0 Å². The SMILES string of the molecule is COCc1cc(Nc2cc(C)[nH]n2)nc(Nc2ccc3c(=O)[nH][nH]c3c2)n1. The van der Waals surface area contributed by atoms with E-state index in [1.165, 1.54) is 0 Å². The maximum absolute atomic E-state index is 11.6. The van der Waals surface area contributed by atoms with E-state index >= 15 is 0 Å². The van der Waals surface area contributed by atoms with E-state index in [0.29, 0.717) is 40.8 Å². The highest BCUT2D eigenvalue weighted by Gasteiger charge is 2.08. The Bertz CT molecular complexity index is 1140. The smallest absolute Gasteiger partial charge is 0.271 e. The molecule has 5 N–H and O–H groups in total. The summed E-state index contributed by atoms with van der Waals surface area (Å²) in [6.45, 7) is 2.26. The van der Waals surface area contributed by atoms with Crippen LogP contribution in [-0.2, 0) is 11.3 Å². The van der Waals surface area contributed by atoms with Crippen LogP contribution in [0.25, 0.3) is 10.9 Å². The number of ether oxygens (including phenoxy) is 1. The normalized spacial score (nSPS) is 11.0. The summed E-state index contributed by atoms with van der Waals surface area (Å²) in [5.41, 5.74) is 2.93. The first kappa shape index (κ1) is 16.8. The maximum Gasteiger partial charge on any atom is 0.271 e. The lowest BCUT2D eigenvalue weighted by atomic mass is 10.2. The molecule has 10 heteroatoms. The number of benzene rings is 1. The van der Waals surface area contributed by atoms with Gasteiger partial charge in [0.1, 0.15) is 5.82 Å². The molecule has 0 aliphatic heterocycles. The predicted molar refractivity (Wildman–Crippen MR) is 102 cm³/mol. The van der Waals surface area contributed by atoms with Crippen molar-refractivity contribution in [1.82, 2.24) is 30.4 Å². The number of rotatable bonds is 6. The zero-order chi connectivity index (χ0) is 18.8. The molecule has 0 bridgehead atoms. The number of aromatic amines is 3. The van der Waals surface area contributed by atoms with Crippen LogP contribution in [0.15, 0.2) is 35.1 Å². The molecule has 0 aliphatic carbocycles. The Morgan fingerprint density at radius 3 is 2.74 bits per heavy atom. The second-order valence-electron chi connectivity index (χ2n) is 6.03. The number of H-pyrrole nitrogens is 3. The van der Waals surface area contributed by atoms with Gasteiger partial charge in [0.25, 0.3) is 5.56 Å². The van der Waals surface area contributed by atoms with Crippen molar-refractivity contribution in [1.29, 1.82) is 0 Å². The Morgan fingerprint density at radius 2 is 1.96 bits per heavy atom. The molecule has 0 saturated heterocycles. The van der Waals surface area contributed by atoms with Gasteiger partial charge in [-0.1, -0.05) is 0 Å². The van der Waals surface area contributed by atoms with Crippen molar-refractivity contribution in [2.45, 2.75) is 13.5 Å². The van der Waals surface area contributed by atoms with Gasteiger partial charge in [-0.25, -0.2) is 4.98 Å². The topological polar surface area (TPSA) is 136 Å². The number of methoxy groups -OCH3 is 1. The van der Waals surface area contributed by atoms with Crippen molar-refractivity contribution in [3.8, 4) is 0 Å². The van der Waals surface area contributed by atoms with E-state index in [9.17, 15) is 4.79 Å². The number of nitrogens with zero attached hydrogens (tertiary/aromatic N) is 3. The molecule has 0 fully saturated rings. The van der Waals surface area contributed by atoms with Crippen molar-refractivity contribution < 1.29 is 4.74 Å². The van der Waals surface area contributed by atoms with Crippen molar-refractivity contribution in [2.75, 3.05) is 17.7 Å². The molecule has 4 rings (SSSR count). The summed E-state index contributed by atoms with van der Waals surface area (Å²) in [5, 5.41) is 19.3. The largest absolute Gasteiger partial charge is 0.378 e. The molecule has 0 amide bonds. The highest BCUT2D eigenvalue weighted by atomic mass is 16.5. The standard InChI is InChI=1S/C17H18N8O2/c1-9-5-15(24-22-9)20-14-7-11(8-27-2)19-17(21-14)18-10-3-4-12-13(6-10)23-25-16(12)26/h3-7H,8H2,1-2H3,(H2,23,25,26)(H3,18,19,20,21,22,24). The Balaban J connectivity index is 1.64. The lowest BCUT2D eigenvalue weighted by Crippen LogP contribution is -2.05. The monoisotopic (exact) mass is 366 g/mol. The van der Waals surface area contributed by atoms with E-state index in [1.807, 2.05) is 19.1 Å². The zero-order valence-electron chi connectivity index (χ0n) is 14.8. The lowest BCUT2D eigenvalue weighted by Gasteiger charge is -2.10. The molecule has 0 atom stereocenters. The van der Waals surface area contributed by atoms with Gasteiger partial charge in [0, 0.05) is 30.6 Å². The van der Waals surface area contributed by atoms with Crippen molar-refractivity contribution >= 4 is 34.2 Å². The van der Waals surface area contributed by atoms with Crippen LogP contribution in [0.4, 0.5) is 23.3 Å². The van der Waals surface area contributed by atoms with Crippen LogP contribution in [-0.4, -0.2) is 37.5 Å². The third kappa shape index (κ3) is 3.65. The fourth-order valence-electron chi connectivity index (χ4n) is 2.70. The molecule has 0 radical (unpaired) electrons. The molecule has 0 unspecified atom stereocenters. The van der Waals surface area contributed by atoms with E-state index in [1.54, 1.807) is 25.3 Å². The van der Waals surface area contributed by atoms with E-state index < -0.39 is 0 Å². The second kappa shape index (κ2) is 6.92. The fraction of sp³-hybridized carbons (Fsp3) is 0.176. The Labute approximate surface area is 153 Å². The van der Waals surface area contributed by atoms with Crippen molar-refractivity contribution in [3.63, 3.8) is 0 Å². The molecule has 0 saturated carbocycles. The van der Waals surface area contributed by atoms with Crippen molar-refractivity contribution in [2.24, 2.45) is 0 Å². The first-order valence-corrected chi connectivity index (χ1v) is 8.24. The molecule has 3 aromatic heterocycles. The number of aromatic nitrogens is 6. The molecule has 10 nitrogen and oxygen atoms in total. The molecule has 3 heterocycles.